The fraction of sp³-hybridized carbons (Fsp3) is 0.524. The normalized spacial score (nSPS) is 14.7. The largest absolute Gasteiger partial charge is 0.368 e. The molecule has 1 fully saturated rings. The van der Waals surface area contributed by atoms with Gasteiger partial charge in [-0.15, -0.1) is 24.0 Å². The number of imidazole rings is 1. The third-order valence-electron chi connectivity index (χ3n) is 5.03. The molecule has 1 aliphatic heterocycles. The van der Waals surface area contributed by atoms with Gasteiger partial charge in [-0.05, 0) is 38.8 Å². The molecule has 1 N–H and O–H groups in total. The molecule has 1 aromatic carbocycles. The van der Waals surface area contributed by atoms with Crippen molar-refractivity contribution in [2.24, 2.45) is 4.99 Å². The number of hydrogen-bond acceptors (Lipinski definition) is 3. The van der Waals surface area contributed by atoms with E-state index in [2.05, 4.69) is 75.0 Å². The third-order valence-corrected chi connectivity index (χ3v) is 5.03. The number of aromatic nitrogens is 2. The summed E-state index contributed by atoms with van der Waals surface area (Å²) in [7, 11) is 0. The molecule has 0 saturated carbocycles. The van der Waals surface area contributed by atoms with Gasteiger partial charge in [0, 0.05) is 63.9 Å². The lowest BCUT2D eigenvalue weighted by Gasteiger charge is -2.37. The Kier molecular flexibility index (Phi) is 9.60. The Morgan fingerprint density at radius 1 is 1.11 bits per heavy atom. The van der Waals surface area contributed by atoms with Gasteiger partial charge in [0.2, 0.25) is 0 Å². The van der Waals surface area contributed by atoms with Crippen LogP contribution in [0.1, 0.15) is 25.6 Å². The van der Waals surface area contributed by atoms with Gasteiger partial charge in [-0.25, -0.2) is 4.98 Å². The molecule has 6 nitrogen and oxygen atoms in total. The van der Waals surface area contributed by atoms with Gasteiger partial charge in [-0.2, -0.15) is 0 Å². The molecule has 0 aliphatic carbocycles. The van der Waals surface area contributed by atoms with Gasteiger partial charge in [0.05, 0.1) is 0 Å². The second-order valence-corrected chi connectivity index (χ2v) is 6.92. The summed E-state index contributed by atoms with van der Waals surface area (Å²) in [5.74, 6) is 2.15. The van der Waals surface area contributed by atoms with Gasteiger partial charge >= 0.3 is 0 Å². The van der Waals surface area contributed by atoms with Crippen molar-refractivity contribution in [1.29, 1.82) is 0 Å². The second-order valence-electron chi connectivity index (χ2n) is 6.92. The van der Waals surface area contributed by atoms with Crippen molar-refractivity contribution in [2.45, 2.75) is 33.2 Å². The lowest BCUT2D eigenvalue weighted by Crippen LogP contribution is -2.52. The van der Waals surface area contributed by atoms with E-state index in [4.69, 9.17) is 4.99 Å². The number of guanidine groups is 1. The van der Waals surface area contributed by atoms with Crippen molar-refractivity contribution in [3.8, 4) is 0 Å². The molecule has 2 heterocycles. The average molecular weight is 496 g/mol. The third kappa shape index (κ3) is 6.39. The average Bonchev–Trinajstić information content (AvgIpc) is 3.12. The van der Waals surface area contributed by atoms with Crippen LogP contribution >= 0.6 is 24.0 Å². The Balaban J connectivity index is 0.00000280. The van der Waals surface area contributed by atoms with Crippen LogP contribution in [0.3, 0.4) is 0 Å². The van der Waals surface area contributed by atoms with E-state index < -0.39 is 0 Å². The molecule has 0 unspecified atom stereocenters. The molecule has 7 heteroatoms. The summed E-state index contributed by atoms with van der Waals surface area (Å²) >= 11 is 0. The number of hydrogen-bond donors (Lipinski definition) is 1. The predicted molar refractivity (Wildman–Crippen MR) is 128 cm³/mol. The first-order valence-electron chi connectivity index (χ1n) is 10.1. The number of nitrogens with zero attached hydrogens (tertiary/aromatic N) is 5. The zero-order chi connectivity index (χ0) is 18.9. The summed E-state index contributed by atoms with van der Waals surface area (Å²) in [5.41, 5.74) is 1.31. The second kappa shape index (κ2) is 11.9. The van der Waals surface area contributed by atoms with Gasteiger partial charge in [0.15, 0.2) is 5.96 Å². The molecule has 1 aliphatic rings. The molecule has 0 radical (unpaired) electrons. The first-order valence-corrected chi connectivity index (χ1v) is 10.1. The standard InChI is InChI=1S/C21H32N6.HI/c1-3-22-21(24-11-7-8-13-25-14-12-23-19(25)2)27-17-15-26(16-18-27)20-9-5-4-6-10-20;/h4-6,9-10,12,14H,3,7-8,11,13,15-18H2,1-2H3,(H,22,24);1H. The highest BCUT2D eigenvalue weighted by molar-refractivity contribution is 14.0. The van der Waals surface area contributed by atoms with Gasteiger partial charge in [0.1, 0.15) is 5.82 Å². The fourth-order valence-corrected chi connectivity index (χ4v) is 3.46. The lowest BCUT2D eigenvalue weighted by molar-refractivity contribution is 0.372. The van der Waals surface area contributed by atoms with Crippen LogP contribution in [0.4, 0.5) is 5.69 Å². The smallest absolute Gasteiger partial charge is 0.194 e. The van der Waals surface area contributed by atoms with E-state index in [1.54, 1.807) is 0 Å². The van der Waals surface area contributed by atoms with Crippen LogP contribution < -0.4 is 10.2 Å². The molecule has 1 saturated heterocycles. The van der Waals surface area contributed by atoms with E-state index in [0.29, 0.717) is 0 Å². The van der Waals surface area contributed by atoms with E-state index in [-0.39, 0.29) is 24.0 Å². The molecule has 2 aromatic rings. The molecule has 154 valence electrons. The van der Waals surface area contributed by atoms with Crippen LogP contribution in [0.5, 0.6) is 0 Å². The van der Waals surface area contributed by atoms with Crippen molar-refractivity contribution < 1.29 is 0 Å². The minimum absolute atomic E-state index is 0. The number of para-hydroxylation sites is 1. The Morgan fingerprint density at radius 2 is 1.86 bits per heavy atom. The van der Waals surface area contributed by atoms with Gasteiger partial charge in [0.25, 0.3) is 0 Å². The van der Waals surface area contributed by atoms with Crippen LogP contribution in [-0.2, 0) is 6.54 Å². The minimum Gasteiger partial charge on any atom is -0.368 e. The number of aliphatic imine (C=N–C) groups is 1. The highest BCUT2D eigenvalue weighted by Gasteiger charge is 2.19. The highest BCUT2D eigenvalue weighted by Crippen LogP contribution is 2.15. The monoisotopic (exact) mass is 496 g/mol. The number of piperazine rings is 1. The summed E-state index contributed by atoms with van der Waals surface area (Å²) < 4.78 is 2.21. The van der Waals surface area contributed by atoms with Crippen LogP contribution in [0.15, 0.2) is 47.7 Å². The molecule has 3 rings (SSSR count). The molecule has 0 spiro atoms. The molecule has 0 atom stereocenters. The number of unbranched alkanes of at least 4 members (excludes halogenated alkanes) is 1. The Morgan fingerprint density at radius 3 is 2.50 bits per heavy atom. The highest BCUT2D eigenvalue weighted by atomic mass is 127. The van der Waals surface area contributed by atoms with E-state index in [9.17, 15) is 0 Å². The molecule has 28 heavy (non-hydrogen) atoms. The Labute approximate surface area is 186 Å². The summed E-state index contributed by atoms with van der Waals surface area (Å²) in [4.78, 5) is 14.0. The van der Waals surface area contributed by atoms with E-state index in [1.165, 1.54) is 5.69 Å². The summed E-state index contributed by atoms with van der Waals surface area (Å²) in [6, 6.07) is 10.7. The quantitative estimate of drug-likeness (QED) is 0.277. The summed E-state index contributed by atoms with van der Waals surface area (Å²) in [6.07, 6.45) is 6.14. The van der Waals surface area contributed by atoms with Crippen LogP contribution in [0.2, 0.25) is 0 Å². The number of halogens is 1. The summed E-state index contributed by atoms with van der Waals surface area (Å²) in [6.45, 7) is 11.1. The number of nitrogens with one attached hydrogen (secondary N) is 1. The molecule has 0 amide bonds. The predicted octanol–water partition coefficient (Wildman–Crippen LogP) is 3.38. The zero-order valence-corrected chi connectivity index (χ0v) is 19.4. The van der Waals surface area contributed by atoms with Crippen molar-refractivity contribution in [3.05, 3.63) is 48.5 Å². The van der Waals surface area contributed by atoms with Crippen LogP contribution in [0, 0.1) is 6.92 Å². The Bertz CT molecular complexity index is 707. The molecular weight excluding hydrogens is 463 g/mol. The van der Waals surface area contributed by atoms with E-state index >= 15 is 0 Å². The van der Waals surface area contributed by atoms with Crippen molar-refractivity contribution in [3.63, 3.8) is 0 Å². The molecule has 1 aromatic heterocycles. The number of benzene rings is 1. The molecular formula is C21H33IN6. The summed E-state index contributed by atoms with van der Waals surface area (Å²) in [5, 5.41) is 3.46. The van der Waals surface area contributed by atoms with Crippen LogP contribution in [0.25, 0.3) is 0 Å². The first-order chi connectivity index (χ1) is 13.3. The lowest BCUT2D eigenvalue weighted by atomic mass is 10.2. The maximum atomic E-state index is 4.86. The number of rotatable bonds is 7. The minimum atomic E-state index is 0. The van der Waals surface area contributed by atoms with Crippen molar-refractivity contribution >= 4 is 35.6 Å². The van der Waals surface area contributed by atoms with Gasteiger partial charge in [-0.1, -0.05) is 18.2 Å². The van der Waals surface area contributed by atoms with Gasteiger partial charge < -0.3 is 19.7 Å². The fourth-order valence-electron chi connectivity index (χ4n) is 3.46. The topological polar surface area (TPSA) is 48.7 Å². The maximum absolute atomic E-state index is 4.86. The van der Waals surface area contributed by atoms with E-state index in [1.807, 2.05) is 6.20 Å². The zero-order valence-electron chi connectivity index (χ0n) is 17.0. The SMILES string of the molecule is CCNC(=NCCCCn1ccnc1C)N1CCN(c2ccccc2)CC1.I. The first kappa shape index (κ1) is 22.5. The van der Waals surface area contributed by atoms with Gasteiger partial charge in [-0.3, -0.25) is 4.99 Å². The Hall–Kier alpha value is -1.77. The number of aryl methyl sites for hydroxylation is 2. The molecule has 0 bridgehead atoms. The van der Waals surface area contributed by atoms with Crippen molar-refractivity contribution in [1.82, 2.24) is 19.8 Å². The maximum Gasteiger partial charge on any atom is 0.194 e. The van der Waals surface area contributed by atoms with Crippen LogP contribution in [-0.4, -0.2) is 59.7 Å². The van der Waals surface area contributed by atoms with E-state index in [0.717, 1.165) is 70.4 Å². The number of anilines is 1. The van der Waals surface area contributed by atoms with Crippen molar-refractivity contribution in [2.75, 3.05) is 44.2 Å².